The van der Waals surface area contributed by atoms with E-state index in [1.54, 1.807) is 5.56 Å². The summed E-state index contributed by atoms with van der Waals surface area (Å²) in [6.45, 7) is 7.01. The molecule has 1 atom stereocenters. The Bertz CT molecular complexity index is 348. The second-order valence-electron chi connectivity index (χ2n) is 5.67. The molecule has 1 aliphatic rings. The van der Waals surface area contributed by atoms with Gasteiger partial charge in [-0.3, -0.25) is 0 Å². The Morgan fingerprint density at radius 1 is 1.28 bits per heavy atom. The number of hydrogen-bond donors (Lipinski definition) is 1. The summed E-state index contributed by atoms with van der Waals surface area (Å²) in [5, 5.41) is 3.51. The molecular formula is C17H27N. The third kappa shape index (κ3) is 3.58. The maximum absolute atomic E-state index is 3.51. The van der Waals surface area contributed by atoms with E-state index in [4.69, 9.17) is 0 Å². The van der Waals surface area contributed by atoms with E-state index < -0.39 is 0 Å². The Hall–Kier alpha value is -0.820. The van der Waals surface area contributed by atoms with Crippen molar-refractivity contribution in [3.05, 3.63) is 35.4 Å². The van der Waals surface area contributed by atoms with E-state index in [9.17, 15) is 0 Å². The number of rotatable bonds is 5. The van der Waals surface area contributed by atoms with Crippen LogP contribution in [0.4, 0.5) is 0 Å². The highest BCUT2D eigenvalue weighted by Gasteiger charge is 2.14. The summed E-state index contributed by atoms with van der Waals surface area (Å²) in [6, 6.07) is 9.31. The predicted octanol–water partition coefficient (Wildman–Crippen LogP) is 4.13. The second-order valence-corrected chi connectivity index (χ2v) is 5.67. The van der Waals surface area contributed by atoms with Gasteiger partial charge in [0.15, 0.2) is 0 Å². The van der Waals surface area contributed by atoms with Crippen LogP contribution in [-0.2, 0) is 6.42 Å². The molecule has 0 aromatic heterocycles. The van der Waals surface area contributed by atoms with Gasteiger partial charge < -0.3 is 5.32 Å². The number of benzene rings is 1. The van der Waals surface area contributed by atoms with E-state index in [2.05, 4.69) is 43.4 Å². The number of piperidine rings is 1. The van der Waals surface area contributed by atoms with Crippen LogP contribution in [0.3, 0.4) is 0 Å². The Kier molecular flexibility index (Phi) is 5.25. The summed E-state index contributed by atoms with van der Waals surface area (Å²) >= 11 is 0. The standard InChI is InChI=1S/C17H27N/c1-3-16(4-2)17-9-5-7-14(12-17)11-15-8-6-10-18-13-15/h5,7,9,12,15-16,18H,3-4,6,8,10-11,13H2,1-2H3. The van der Waals surface area contributed by atoms with Gasteiger partial charge in [-0.25, -0.2) is 0 Å². The van der Waals surface area contributed by atoms with E-state index in [0.29, 0.717) is 0 Å². The van der Waals surface area contributed by atoms with Gasteiger partial charge in [0.25, 0.3) is 0 Å². The molecule has 0 saturated carbocycles. The smallest absolute Gasteiger partial charge is 0.00173 e. The van der Waals surface area contributed by atoms with Gasteiger partial charge in [0, 0.05) is 0 Å². The van der Waals surface area contributed by atoms with Gasteiger partial charge in [0.05, 0.1) is 0 Å². The summed E-state index contributed by atoms with van der Waals surface area (Å²) in [6.07, 6.45) is 6.50. The van der Waals surface area contributed by atoms with Gasteiger partial charge >= 0.3 is 0 Å². The molecule has 1 aromatic rings. The molecular weight excluding hydrogens is 218 g/mol. The van der Waals surface area contributed by atoms with Gasteiger partial charge in [-0.15, -0.1) is 0 Å². The lowest BCUT2D eigenvalue weighted by Crippen LogP contribution is -2.30. The molecule has 100 valence electrons. The van der Waals surface area contributed by atoms with Gasteiger partial charge in [-0.2, -0.15) is 0 Å². The molecule has 1 fully saturated rings. The quantitative estimate of drug-likeness (QED) is 0.822. The third-order valence-corrected chi connectivity index (χ3v) is 4.33. The molecule has 1 heteroatoms. The van der Waals surface area contributed by atoms with Crippen molar-refractivity contribution in [2.45, 2.75) is 51.9 Å². The largest absolute Gasteiger partial charge is 0.316 e. The van der Waals surface area contributed by atoms with Crippen molar-refractivity contribution in [1.82, 2.24) is 5.32 Å². The average molecular weight is 245 g/mol. The highest BCUT2D eigenvalue weighted by molar-refractivity contribution is 5.26. The molecule has 2 rings (SSSR count). The van der Waals surface area contributed by atoms with Crippen molar-refractivity contribution in [1.29, 1.82) is 0 Å². The topological polar surface area (TPSA) is 12.0 Å². The van der Waals surface area contributed by atoms with Crippen molar-refractivity contribution < 1.29 is 0 Å². The molecule has 1 unspecified atom stereocenters. The number of nitrogens with one attached hydrogen (secondary N) is 1. The highest BCUT2D eigenvalue weighted by Crippen LogP contribution is 2.25. The van der Waals surface area contributed by atoms with E-state index in [1.165, 1.54) is 50.8 Å². The van der Waals surface area contributed by atoms with Crippen molar-refractivity contribution >= 4 is 0 Å². The molecule has 1 saturated heterocycles. The van der Waals surface area contributed by atoms with Crippen LogP contribution < -0.4 is 5.32 Å². The molecule has 0 bridgehead atoms. The fourth-order valence-corrected chi connectivity index (χ4v) is 3.17. The average Bonchev–Trinajstić information content (AvgIpc) is 2.42. The van der Waals surface area contributed by atoms with Crippen LogP contribution in [0.1, 0.15) is 56.6 Å². The summed E-state index contributed by atoms with van der Waals surface area (Å²) < 4.78 is 0. The van der Waals surface area contributed by atoms with Crippen LogP contribution in [0.15, 0.2) is 24.3 Å². The second kappa shape index (κ2) is 6.94. The lowest BCUT2D eigenvalue weighted by Gasteiger charge is -2.23. The van der Waals surface area contributed by atoms with Crippen molar-refractivity contribution in [3.63, 3.8) is 0 Å². The van der Waals surface area contributed by atoms with Crippen LogP contribution in [0, 0.1) is 5.92 Å². The zero-order chi connectivity index (χ0) is 12.8. The van der Waals surface area contributed by atoms with E-state index in [0.717, 1.165) is 11.8 Å². The molecule has 0 amide bonds. The molecule has 18 heavy (non-hydrogen) atoms. The molecule has 0 radical (unpaired) electrons. The summed E-state index contributed by atoms with van der Waals surface area (Å²) in [5.74, 6) is 1.59. The fraction of sp³-hybridized carbons (Fsp3) is 0.647. The van der Waals surface area contributed by atoms with Crippen LogP contribution >= 0.6 is 0 Å². The van der Waals surface area contributed by atoms with Crippen LogP contribution in [-0.4, -0.2) is 13.1 Å². The summed E-state index contributed by atoms with van der Waals surface area (Å²) in [7, 11) is 0. The van der Waals surface area contributed by atoms with Crippen LogP contribution in [0.5, 0.6) is 0 Å². The van der Waals surface area contributed by atoms with Crippen molar-refractivity contribution in [2.75, 3.05) is 13.1 Å². The zero-order valence-corrected chi connectivity index (χ0v) is 11.9. The fourth-order valence-electron chi connectivity index (χ4n) is 3.17. The van der Waals surface area contributed by atoms with Gasteiger partial charge in [0.2, 0.25) is 0 Å². The molecule has 1 aromatic carbocycles. The zero-order valence-electron chi connectivity index (χ0n) is 11.9. The first-order chi connectivity index (χ1) is 8.83. The minimum absolute atomic E-state index is 0.745. The van der Waals surface area contributed by atoms with Crippen molar-refractivity contribution in [3.8, 4) is 0 Å². The Balaban J connectivity index is 2.01. The Labute approximate surface area is 112 Å². The highest BCUT2D eigenvalue weighted by atomic mass is 14.9. The molecule has 0 spiro atoms. The van der Waals surface area contributed by atoms with Crippen LogP contribution in [0.2, 0.25) is 0 Å². The predicted molar refractivity (Wildman–Crippen MR) is 79.1 cm³/mol. The summed E-state index contributed by atoms with van der Waals surface area (Å²) in [5.41, 5.74) is 3.08. The Morgan fingerprint density at radius 3 is 2.78 bits per heavy atom. The monoisotopic (exact) mass is 245 g/mol. The van der Waals surface area contributed by atoms with Gasteiger partial charge in [-0.05, 0) is 68.2 Å². The maximum Gasteiger partial charge on any atom is -0.00173 e. The van der Waals surface area contributed by atoms with E-state index >= 15 is 0 Å². The number of hydrogen-bond acceptors (Lipinski definition) is 1. The van der Waals surface area contributed by atoms with Gasteiger partial charge in [0.1, 0.15) is 0 Å². The van der Waals surface area contributed by atoms with Crippen molar-refractivity contribution in [2.24, 2.45) is 5.92 Å². The lowest BCUT2D eigenvalue weighted by atomic mass is 9.88. The molecule has 1 heterocycles. The van der Waals surface area contributed by atoms with Gasteiger partial charge in [-0.1, -0.05) is 38.1 Å². The Morgan fingerprint density at radius 2 is 2.11 bits per heavy atom. The van der Waals surface area contributed by atoms with E-state index in [-0.39, 0.29) is 0 Å². The molecule has 0 aliphatic carbocycles. The third-order valence-electron chi connectivity index (χ3n) is 4.33. The minimum Gasteiger partial charge on any atom is -0.316 e. The first-order valence-electron chi connectivity index (χ1n) is 7.63. The summed E-state index contributed by atoms with van der Waals surface area (Å²) in [4.78, 5) is 0. The van der Waals surface area contributed by atoms with E-state index in [1.807, 2.05) is 0 Å². The minimum atomic E-state index is 0.745. The SMILES string of the molecule is CCC(CC)c1cccc(CC2CCCNC2)c1. The maximum atomic E-state index is 3.51. The van der Waals surface area contributed by atoms with Crippen LogP contribution in [0.25, 0.3) is 0 Å². The first kappa shape index (κ1) is 13.6. The molecule has 1 nitrogen and oxygen atoms in total. The normalized spacial score (nSPS) is 20.3. The first-order valence-corrected chi connectivity index (χ1v) is 7.63. The molecule has 1 aliphatic heterocycles. The lowest BCUT2D eigenvalue weighted by molar-refractivity contribution is 0.376. The molecule has 1 N–H and O–H groups in total.